The minimum Gasteiger partial charge on any atom is -0.369 e. The molecular formula is C7H10F3NO. The molecule has 0 aliphatic carbocycles. The molecule has 12 heavy (non-hydrogen) atoms. The number of rotatable bonds is 4. The third-order valence-corrected chi connectivity index (χ3v) is 1.10. The van der Waals surface area contributed by atoms with E-state index in [4.69, 9.17) is 6.42 Å². The summed E-state index contributed by atoms with van der Waals surface area (Å²) in [5.74, 6) is 2.23. The Bertz CT molecular complexity index is 161. The highest BCUT2D eigenvalue weighted by Crippen LogP contribution is 2.14. The molecule has 0 aromatic carbocycles. The van der Waals surface area contributed by atoms with Crippen molar-refractivity contribution in [1.82, 2.24) is 5.32 Å². The number of terminal acetylenes is 1. The van der Waals surface area contributed by atoms with Gasteiger partial charge in [-0.3, -0.25) is 0 Å². The van der Waals surface area contributed by atoms with Gasteiger partial charge in [0.2, 0.25) is 0 Å². The van der Waals surface area contributed by atoms with Crippen LogP contribution in [-0.2, 0) is 4.74 Å². The zero-order chi connectivity index (χ0) is 9.61. The number of likely N-dealkylation sites (N-methyl/N-ethyl adjacent to an activating group) is 1. The summed E-state index contributed by atoms with van der Waals surface area (Å²) >= 11 is 0. The molecule has 0 amide bonds. The van der Waals surface area contributed by atoms with E-state index in [2.05, 4.69) is 16.0 Å². The molecule has 0 saturated carbocycles. The summed E-state index contributed by atoms with van der Waals surface area (Å²) in [6, 6.07) is -0.465. The van der Waals surface area contributed by atoms with E-state index in [1.54, 1.807) is 7.05 Å². The molecule has 0 aromatic heterocycles. The first-order valence-corrected chi connectivity index (χ1v) is 3.27. The smallest absolute Gasteiger partial charge is 0.369 e. The fraction of sp³-hybridized carbons (Fsp3) is 0.714. The van der Waals surface area contributed by atoms with E-state index < -0.39 is 18.8 Å². The third kappa shape index (κ3) is 6.01. The molecule has 0 radical (unpaired) electrons. The average molecular weight is 181 g/mol. The van der Waals surface area contributed by atoms with Crippen molar-refractivity contribution in [1.29, 1.82) is 0 Å². The van der Waals surface area contributed by atoms with Crippen LogP contribution in [0.25, 0.3) is 0 Å². The van der Waals surface area contributed by atoms with Crippen molar-refractivity contribution >= 4 is 0 Å². The van der Waals surface area contributed by atoms with Crippen molar-refractivity contribution in [3.05, 3.63) is 0 Å². The van der Waals surface area contributed by atoms with Crippen LogP contribution < -0.4 is 5.32 Å². The molecule has 0 aromatic rings. The predicted molar refractivity (Wildman–Crippen MR) is 38.6 cm³/mol. The maximum Gasteiger partial charge on any atom is 0.411 e. The lowest BCUT2D eigenvalue weighted by Gasteiger charge is -2.11. The zero-order valence-corrected chi connectivity index (χ0v) is 6.61. The van der Waals surface area contributed by atoms with E-state index in [0.29, 0.717) is 0 Å². The first-order chi connectivity index (χ1) is 5.49. The lowest BCUT2D eigenvalue weighted by Crippen LogP contribution is -2.30. The number of ether oxygens (including phenoxy) is 1. The Morgan fingerprint density at radius 2 is 2.17 bits per heavy atom. The third-order valence-electron chi connectivity index (χ3n) is 1.10. The maximum absolute atomic E-state index is 11.5. The van der Waals surface area contributed by atoms with E-state index in [1.165, 1.54) is 0 Å². The van der Waals surface area contributed by atoms with Gasteiger partial charge < -0.3 is 10.1 Å². The average Bonchev–Trinajstić information content (AvgIpc) is 1.96. The van der Waals surface area contributed by atoms with Crippen LogP contribution in [-0.4, -0.2) is 32.5 Å². The van der Waals surface area contributed by atoms with Crippen LogP contribution in [0.2, 0.25) is 0 Å². The summed E-state index contributed by atoms with van der Waals surface area (Å²) in [5, 5.41) is 2.61. The summed E-state index contributed by atoms with van der Waals surface area (Å²) in [5.41, 5.74) is 0. The highest BCUT2D eigenvalue weighted by Gasteiger charge is 2.27. The number of halogens is 3. The molecule has 1 atom stereocenters. The van der Waals surface area contributed by atoms with Gasteiger partial charge in [-0.1, -0.05) is 5.92 Å². The second-order valence-corrected chi connectivity index (χ2v) is 2.14. The lowest BCUT2D eigenvalue weighted by atomic mass is 10.3. The molecule has 0 rings (SSSR count). The van der Waals surface area contributed by atoms with Gasteiger partial charge in [0.05, 0.1) is 12.6 Å². The van der Waals surface area contributed by atoms with E-state index in [0.717, 1.165) is 0 Å². The Labute approximate surface area is 69.1 Å². The molecule has 0 saturated heterocycles. The van der Waals surface area contributed by atoms with Gasteiger partial charge in [-0.15, -0.1) is 6.42 Å². The minimum atomic E-state index is -4.28. The topological polar surface area (TPSA) is 21.3 Å². The Morgan fingerprint density at radius 3 is 2.50 bits per heavy atom. The Morgan fingerprint density at radius 1 is 1.58 bits per heavy atom. The molecule has 0 aliphatic heterocycles. The van der Waals surface area contributed by atoms with Gasteiger partial charge in [0.15, 0.2) is 0 Å². The number of hydrogen-bond donors (Lipinski definition) is 1. The molecule has 2 nitrogen and oxygen atoms in total. The normalized spacial score (nSPS) is 13.9. The van der Waals surface area contributed by atoms with Crippen LogP contribution >= 0.6 is 0 Å². The van der Waals surface area contributed by atoms with Crippen LogP contribution in [0.15, 0.2) is 0 Å². The van der Waals surface area contributed by atoms with Gasteiger partial charge >= 0.3 is 6.18 Å². The fourth-order valence-electron chi connectivity index (χ4n) is 0.507. The summed E-state index contributed by atoms with van der Waals surface area (Å²) in [4.78, 5) is 0. The number of nitrogens with one attached hydrogen (secondary N) is 1. The molecular weight excluding hydrogens is 171 g/mol. The van der Waals surface area contributed by atoms with E-state index in [9.17, 15) is 13.2 Å². The molecule has 0 bridgehead atoms. The van der Waals surface area contributed by atoms with Crippen LogP contribution in [0.1, 0.15) is 0 Å². The van der Waals surface area contributed by atoms with Gasteiger partial charge in [-0.25, -0.2) is 0 Å². The highest BCUT2D eigenvalue weighted by molar-refractivity contribution is 4.97. The van der Waals surface area contributed by atoms with Crippen molar-refractivity contribution < 1.29 is 17.9 Å². The standard InChI is InChI=1S/C7H10F3NO/c1-3-6(11-2)4-12-5-7(8,9)10/h1,6,11H,4-5H2,2H3. The highest BCUT2D eigenvalue weighted by atomic mass is 19.4. The van der Waals surface area contributed by atoms with Gasteiger partial charge in [0.25, 0.3) is 0 Å². The SMILES string of the molecule is C#CC(COCC(F)(F)F)NC. The quantitative estimate of drug-likeness (QED) is 0.647. The summed E-state index contributed by atoms with van der Waals surface area (Å²) in [7, 11) is 1.56. The van der Waals surface area contributed by atoms with Gasteiger partial charge in [0.1, 0.15) is 6.61 Å². The molecule has 0 spiro atoms. The Kier molecular flexibility index (Phi) is 4.71. The lowest BCUT2D eigenvalue weighted by molar-refractivity contribution is -0.174. The summed E-state index contributed by atoms with van der Waals surface area (Å²) < 4.78 is 38.9. The second kappa shape index (κ2) is 5.01. The van der Waals surface area contributed by atoms with Crippen LogP contribution in [0, 0.1) is 12.3 Å². The zero-order valence-electron chi connectivity index (χ0n) is 6.61. The van der Waals surface area contributed by atoms with Crippen molar-refractivity contribution in [2.75, 3.05) is 20.3 Å². The maximum atomic E-state index is 11.5. The van der Waals surface area contributed by atoms with Gasteiger partial charge in [-0.05, 0) is 7.05 Å². The molecule has 70 valence electrons. The molecule has 0 fully saturated rings. The van der Waals surface area contributed by atoms with Crippen LogP contribution in [0.3, 0.4) is 0 Å². The Hall–Kier alpha value is -0.730. The van der Waals surface area contributed by atoms with E-state index in [1.807, 2.05) is 0 Å². The minimum absolute atomic E-state index is 0.132. The second-order valence-electron chi connectivity index (χ2n) is 2.14. The van der Waals surface area contributed by atoms with Crippen LogP contribution in [0.5, 0.6) is 0 Å². The molecule has 0 aliphatic rings. The molecule has 0 heterocycles. The van der Waals surface area contributed by atoms with Crippen LogP contribution in [0.4, 0.5) is 13.2 Å². The molecule has 5 heteroatoms. The van der Waals surface area contributed by atoms with Crippen molar-refractivity contribution in [3.8, 4) is 12.3 Å². The first-order valence-electron chi connectivity index (χ1n) is 3.27. The van der Waals surface area contributed by atoms with Gasteiger partial charge in [0, 0.05) is 0 Å². The van der Waals surface area contributed by atoms with E-state index >= 15 is 0 Å². The van der Waals surface area contributed by atoms with E-state index in [-0.39, 0.29) is 6.61 Å². The summed E-state index contributed by atoms with van der Waals surface area (Å²) in [6.45, 7) is -1.39. The predicted octanol–water partition coefficient (Wildman–Crippen LogP) is 0.786. The fourth-order valence-corrected chi connectivity index (χ4v) is 0.507. The number of hydrogen-bond acceptors (Lipinski definition) is 2. The Balaban J connectivity index is 3.50. The van der Waals surface area contributed by atoms with Crippen molar-refractivity contribution in [2.24, 2.45) is 0 Å². The monoisotopic (exact) mass is 181 g/mol. The summed E-state index contributed by atoms with van der Waals surface area (Å²) in [6.07, 6.45) is 0.675. The number of alkyl halides is 3. The molecule has 1 unspecified atom stereocenters. The largest absolute Gasteiger partial charge is 0.411 e. The van der Waals surface area contributed by atoms with Crippen molar-refractivity contribution in [2.45, 2.75) is 12.2 Å². The van der Waals surface area contributed by atoms with Gasteiger partial charge in [-0.2, -0.15) is 13.2 Å². The first kappa shape index (κ1) is 11.3. The molecule has 1 N–H and O–H groups in total. The van der Waals surface area contributed by atoms with Crippen molar-refractivity contribution in [3.63, 3.8) is 0 Å².